The van der Waals surface area contributed by atoms with Crippen LogP contribution in [0.4, 0.5) is 5.82 Å². The molecule has 0 aliphatic heterocycles. The van der Waals surface area contributed by atoms with Gasteiger partial charge in [0.1, 0.15) is 5.82 Å². The molecule has 3 rings (SSSR count). The Morgan fingerprint density at radius 3 is 2.32 bits per heavy atom. The van der Waals surface area contributed by atoms with Crippen LogP contribution in [0.1, 0.15) is 16.7 Å². The molecule has 1 heterocycles. The van der Waals surface area contributed by atoms with E-state index in [4.69, 9.17) is 0 Å². The number of hydrogen-bond acceptors (Lipinski definition) is 2. The van der Waals surface area contributed by atoms with Crippen LogP contribution < -0.4 is 5.32 Å². The van der Waals surface area contributed by atoms with Gasteiger partial charge in [-0.05, 0) is 58.1 Å². The molecule has 3 heteroatoms. The molecule has 3 aromatic rings. The zero-order valence-corrected chi connectivity index (χ0v) is 15.5. The molecule has 0 bridgehead atoms. The summed E-state index contributed by atoms with van der Waals surface area (Å²) in [5, 5.41) is 3.38. The van der Waals surface area contributed by atoms with E-state index < -0.39 is 0 Å². The lowest BCUT2D eigenvalue weighted by molar-refractivity contribution is 1.11. The predicted octanol–water partition coefficient (Wildman–Crippen LogP) is 6.41. The Labute approximate surface area is 157 Å². The first-order valence-electron chi connectivity index (χ1n) is 8.03. The summed E-state index contributed by atoms with van der Waals surface area (Å²) in [5.74, 6) is 0.855. The van der Waals surface area contributed by atoms with Gasteiger partial charge in [0.05, 0.1) is 0 Å². The van der Waals surface area contributed by atoms with Gasteiger partial charge in [0, 0.05) is 17.2 Å². The van der Waals surface area contributed by atoms with E-state index in [0.717, 1.165) is 39.1 Å². The highest BCUT2D eigenvalue weighted by Crippen LogP contribution is 2.25. The zero-order chi connectivity index (χ0) is 17.6. The lowest BCUT2D eigenvalue weighted by Crippen LogP contribution is -2.01. The molecule has 0 aliphatic rings. The summed E-state index contributed by atoms with van der Waals surface area (Å²) in [7, 11) is 0. The summed E-state index contributed by atoms with van der Waals surface area (Å²) in [6.45, 7) is 8.46. The average molecular weight is 391 g/mol. The maximum absolute atomic E-state index is 4.42. The summed E-state index contributed by atoms with van der Waals surface area (Å²) >= 11 is 3.45. The maximum Gasteiger partial charge on any atom is 0.126 e. The van der Waals surface area contributed by atoms with E-state index >= 15 is 0 Å². The maximum atomic E-state index is 4.42. The van der Waals surface area contributed by atoms with Gasteiger partial charge in [-0.1, -0.05) is 65.5 Å². The molecular weight excluding hydrogens is 372 g/mol. The first-order valence-corrected chi connectivity index (χ1v) is 8.82. The minimum Gasteiger partial charge on any atom is -0.366 e. The zero-order valence-electron chi connectivity index (χ0n) is 13.9. The van der Waals surface area contributed by atoms with Crippen molar-refractivity contribution in [3.8, 4) is 11.1 Å². The highest BCUT2D eigenvalue weighted by Gasteiger charge is 2.04. The van der Waals surface area contributed by atoms with Gasteiger partial charge in [-0.25, -0.2) is 4.98 Å². The third kappa shape index (κ3) is 4.25. The minimum absolute atomic E-state index is 0.733. The van der Waals surface area contributed by atoms with Crippen LogP contribution in [-0.2, 0) is 6.54 Å². The fourth-order valence-corrected chi connectivity index (χ4v) is 2.88. The average Bonchev–Trinajstić information content (AvgIpc) is 2.67. The number of hydrogen-bond donors (Lipinski definition) is 1. The van der Waals surface area contributed by atoms with E-state index in [-0.39, 0.29) is 0 Å². The molecule has 0 saturated carbocycles. The van der Waals surface area contributed by atoms with Crippen molar-refractivity contribution < 1.29 is 0 Å². The van der Waals surface area contributed by atoms with E-state index in [1.807, 2.05) is 36.5 Å². The molecule has 2 aromatic carbocycles. The standard InChI is InChI=1S/C22H19BrN2/c1-3-17-7-8-19(13-18(17)4-2)20-11-12-24-22(14-20)25-15-16-5-9-21(23)10-6-16/h3-14H,1-2,15H2,(H,24,25). The molecule has 0 unspecified atom stereocenters. The van der Waals surface area contributed by atoms with Crippen molar-refractivity contribution in [1.82, 2.24) is 4.98 Å². The van der Waals surface area contributed by atoms with E-state index in [9.17, 15) is 0 Å². The van der Waals surface area contributed by atoms with Crippen LogP contribution in [0.3, 0.4) is 0 Å². The second-order valence-electron chi connectivity index (χ2n) is 5.66. The Balaban J connectivity index is 1.80. The van der Waals surface area contributed by atoms with E-state index in [1.54, 1.807) is 0 Å². The number of aromatic nitrogens is 1. The highest BCUT2D eigenvalue weighted by molar-refractivity contribution is 9.10. The largest absolute Gasteiger partial charge is 0.366 e. The molecule has 0 radical (unpaired) electrons. The van der Waals surface area contributed by atoms with E-state index in [2.05, 4.69) is 75.8 Å². The van der Waals surface area contributed by atoms with Gasteiger partial charge in [-0.3, -0.25) is 0 Å². The second kappa shape index (κ2) is 7.95. The van der Waals surface area contributed by atoms with E-state index in [0.29, 0.717) is 0 Å². The van der Waals surface area contributed by atoms with Crippen LogP contribution in [0.15, 0.2) is 78.4 Å². The van der Waals surface area contributed by atoms with Crippen molar-refractivity contribution in [2.24, 2.45) is 0 Å². The molecule has 1 aromatic heterocycles. The van der Waals surface area contributed by atoms with Crippen LogP contribution in [0.25, 0.3) is 23.3 Å². The Hall–Kier alpha value is -2.65. The van der Waals surface area contributed by atoms with Gasteiger partial charge in [-0.2, -0.15) is 0 Å². The van der Waals surface area contributed by atoms with E-state index in [1.165, 1.54) is 5.56 Å². The molecule has 2 nitrogen and oxygen atoms in total. The van der Waals surface area contributed by atoms with Gasteiger partial charge in [0.15, 0.2) is 0 Å². The third-order valence-corrected chi connectivity index (χ3v) is 4.54. The van der Waals surface area contributed by atoms with Crippen LogP contribution in [0, 0.1) is 0 Å². The fourth-order valence-electron chi connectivity index (χ4n) is 2.62. The van der Waals surface area contributed by atoms with Crippen molar-refractivity contribution in [2.45, 2.75) is 6.54 Å². The molecule has 0 saturated heterocycles. The topological polar surface area (TPSA) is 24.9 Å². The molecule has 124 valence electrons. The van der Waals surface area contributed by atoms with Crippen LogP contribution in [-0.4, -0.2) is 4.98 Å². The number of nitrogens with one attached hydrogen (secondary N) is 1. The van der Waals surface area contributed by atoms with Gasteiger partial charge >= 0.3 is 0 Å². The summed E-state index contributed by atoms with van der Waals surface area (Å²) < 4.78 is 1.08. The molecule has 1 N–H and O–H groups in total. The number of nitrogens with zero attached hydrogens (tertiary/aromatic N) is 1. The number of pyridine rings is 1. The second-order valence-corrected chi connectivity index (χ2v) is 6.58. The molecule has 25 heavy (non-hydrogen) atoms. The Bertz CT molecular complexity index is 898. The predicted molar refractivity (Wildman–Crippen MR) is 111 cm³/mol. The van der Waals surface area contributed by atoms with Gasteiger partial charge in [0.2, 0.25) is 0 Å². The smallest absolute Gasteiger partial charge is 0.126 e. The Kier molecular flexibility index (Phi) is 5.46. The van der Waals surface area contributed by atoms with Gasteiger partial charge in [0.25, 0.3) is 0 Å². The van der Waals surface area contributed by atoms with Crippen molar-refractivity contribution in [3.63, 3.8) is 0 Å². The molecule has 0 aliphatic carbocycles. The molecule has 0 spiro atoms. The number of halogens is 1. The van der Waals surface area contributed by atoms with Crippen LogP contribution >= 0.6 is 15.9 Å². The highest BCUT2D eigenvalue weighted by atomic mass is 79.9. The molecule has 0 amide bonds. The quantitative estimate of drug-likeness (QED) is 0.525. The van der Waals surface area contributed by atoms with Crippen molar-refractivity contribution >= 4 is 33.9 Å². The number of rotatable bonds is 6. The monoisotopic (exact) mass is 390 g/mol. The summed E-state index contributed by atoms with van der Waals surface area (Å²) in [5.41, 5.74) is 5.62. The SMILES string of the molecule is C=Cc1ccc(-c2ccnc(NCc3ccc(Br)cc3)c2)cc1C=C. The Morgan fingerprint density at radius 1 is 0.880 bits per heavy atom. The lowest BCUT2D eigenvalue weighted by atomic mass is 9.99. The number of benzene rings is 2. The fraction of sp³-hybridized carbons (Fsp3) is 0.0455. The Morgan fingerprint density at radius 2 is 1.60 bits per heavy atom. The summed E-state index contributed by atoms with van der Waals surface area (Å²) in [6.07, 6.45) is 5.53. The number of anilines is 1. The third-order valence-electron chi connectivity index (χ3n) is 4.01. The molecule has 0 atom stereocenters. The van der Waals surface area contributed by atoms with Crippen LogP contribution in [0.5, 0.6) is 0 Å². The normalized spacial score (nSPS) is 10.3. The van der Waals surface area contributed by atoms with Crippen molar-refractivity contribution in [2.75, 3.05) is 5.32 Å². The van der Waals surface area contributed by atoms with Gasteiger partial charge in [-0.15, -0.1) is 0 Å². The van der Waals surface area contributed by atoms with Crippen molar-refractivity contribution in [3.05, 3.63) is 95.1 Å². The molecule has 0 fully saturated rings. The summed E-state index contributed by atoms with van der Waals surface area (Å²) in [6, 6.07) is 18.6. The first-order chi connectivity index (χ1) is 12.2. The lowest BCUT2D eigenvalue weighted by Gasteiger charge is -2.10. The first kappa shape index (κ1) is 17.2. The molecular formula is C22H19BrN2. The van der Waals surface area contributed by atoms with Crippen LogP contribution in [0.2, 0.25) is 0 Å². The summed E-state index contributed by atoms with van der Waals surface area (Å²) in [4.78, 5) is 4.42. The van der Waals surface area contributed by atoms with Crippen molar-refractivity contribution in [1.29, 1.82) is 0 Å². The van der Waals surface area contributed by atoms with Gasteiger partial charge < -0.3 is 5.32 Å². The minimum atomic E-state index is 0.733.